The summed E-state index contributed by atoms with van der Waals surface area (Å²) < 4.78 is 143. The summed E-state index contributed by atoms with van der Waals surface area (Å²) in [5, 5.41) is 0. The van der Waals surface area contributed by atoms with E-state index < -0.39 is 60.3 Å². The summed E-state index contributed by atoms with van der Waals surface area (Å²) in [4.78, 5) is -0.886. The summed E-state index contributed by atoms with van der Waals surface area (Å²) in [5.41, 5.74) is -2.77. The lowest BCUT2D eigenvalue weighted by atomic mass is 10.1. The fourth-order valence-electron chi connectivity index (χ4n) is 1.71. The lowest BCUT2D eigenvalue weighted by Crippen LogP contribution is -2.62. The van der Waals surface area contributed by atoms with E-state index in [1.54, 1.807) is 0 Å². The molecule has 0 aromatic rings. The Labute approximate surface area is 121 Å². The Morgan fingerprint density at radius 2 is 1.13 bits per heavy atom. The molecule has 1 aliphatic rings. The van der Waals surface area contributed by atoms with Crippen LogP contribution in [0.4, 0.5) is 48.3 Å². The highest BCUT2D eigenvalue weighted by molar-refractivity contribution is 5.14. The number of hydrogen-bond acceptors (Lipinski definition) is 2. The van der Waals surface area contributed by atoms with Gasteiger partial charge < -0.3 is 4.74 Å². The lowest BCUT2D eigenvalue weighted by molar-refractivity contribution is -0.325. The van der Waals surface area contributed by atoms with Crippen LogP contribution in [0.15, 0.2) is 12.2 Å². The van der Waals surface area contributed by atoms with Gasteiger partial charge in [0, 0.05) is 13.1 Å². The topological polar surface area (TPSA) is 12.5 Å². The van der Waals surface area contributed by atoms with Crippen molar-refractivity contribution in [1.82, 2.24) is 4.90 Å². The van der Waals surface area contributed by atoms with Gasteiger partial charge in [-0.25, -0.2) is 4.90 Å². The quantitative estimate of drug-likeness (QED) is 0.417. The van der Waals surface area contributed by atoms with E-state index in [2.05, 4.69) is 4.74 Å². The van der Waals surface area contributed by atoms with Crippen LogP contribution in [0.25, 0.3) is 0 Å². The van der Waals surface area contributed by atoms with E-state index >= 15 is 0 Å². The maximum atomic E-state index is 13.6. The van der Waals surface area contributed by atoms with Gasteiger partial charge in [-0.15, -0.1) is 0 Å². The molecule has 2 atom stereocenters. The Bertz CT molecular complexity index is 427. The van der Waals surface area contributed by atoms with E-state index in [0.29, 0.717) is 0 Å². The van der Waals surface area contributed by atoms with E-state index in [4.69, 9.17) is 0 Å². The van der Waals surface area contributed by atoms with Crippen LogP contribution in [0.3, 0.4) is 0 Å². The summed E-state index contributed by atoms with van der Waals surface area (Å²) in [7, 11) is 0. The molecule has 0 amide bonds. The Kier molecular flexibility index (Phi) is 4.99. The Hall–Kier alpha value is -1.11. The minimum atomic E-state index is -5.71. The number of morpholine rings is 1. The molecule has 1 rings (SSSR count). The van der Waals surface area contributed by atoms with Gasteiger partial charge in [0.05, 0.1) is 0 Å². The van der Waals surface area contributed by atoms with E-state index in [9.17, 15) is 48.3 Å². The molecule has 0 bridgehead atoms. The zero-order chi connectivity index (χ0) is 18.4. The third-order valence-electron chi connectivity index (χ3n) is 2.93. The average Bonchev–Trinajstić information content (AvgIpc) is 2.34. The molecule has 0 N–H and O–H groups in total. The Morgan fingerprint density at radius 1 is 0.783 bits per heavy atom. The standard InChI is InChI=1S/C10H8F11NO/c1-4(7(11,12)13)10(20,21)22-2-5(8(14,15)16)23-6(3-22)9(17,18)19/h5-6H,1-3H2. The number of rotatable bonds is 2. The first-order chi connectivity index (χ1) is 9.97. The molecule has 0 radical (unpaired) electrons. The molecule has 1 fully saturated rings. The zero-order valence-electron chi connectivity index (χ0n) is 10.8. The van der Waals surface area contributed by atoms with Crippen LogP contribution >= 0.6 is 0 Å². The first-order valence-corrected chi connectivity index (χ1v) is 5.65. The molecule has 0 aromatic heterocycles. The minimum Gasteiger partial charge on any atom is -0.353 e. The van der Waals surface area contributed by atoms with Gasteiger partial charge in [-0.3, -0.25) is 0 Å². The average molecular weight is 367 g/mol. The molecule has 13 heteroatoms. The van der Waals surface area contributed by atoms with Gasteiger partial charge >= 0.3 is 24.6 Å². The molecule has 0 saturated carbocycles. The highest BCUT2D eigenvalue weighted by atomic mass is 19.4. The van der Waals surface area contributed by atoms with Gasteiger partial charge in [0.25, 0.3) is 0 Å². The molecule has 0 aromatic carbocycles. The highest BCUT2D eigenvalue weighted by Gasteiger charge is 2.60. The smallest absolute Gasteiger partial charge is 0.353 e. The molecular formula is C10H8F11NO. The number of halogens is 11. The van der Waals surface area contributed by atoms with Crippen LogP contribution in [0.1, 0.15) is 0 Å². The molecule has 136 valence electrons. The molecule has 1 saturated heterocycles. The predicted molar refractivity (Wildman–Crippen MR) is 52.5 cm³/mol. The molecule has 0 aliphatic carbocycles. The molecule has 1 aliphatic heterocycles. The summed E-state index contributed by atoms with van der Waals surface area (Å²) in [5.74, 6) is 0. The van der Waals surface area contributed by atoms with E-state index in [0.717, 1.165) is 0 Å². The number of hydrogen-bond donors (Lipinski definition) is 0. The molecular weight excluding hydrogens is 359 g/mol. The van der Waals surface area contributed by atoms with E-state index in [-0.39, 0.29) is 0 Å². The van der Waals surface area contributed by atoms with Crippen molar-refractivity contribution in [2.24, 2.45) is 0 Å². The van der Waals surface area contributed by atoms with Crippen molar-refractivity contribution in [3.05, 3.63) is 12.2 Å². The van der Waals surface area contributed by atoms with Crippen LogP contribution in [-0.2, 0) is 4.74 Å². The molecule has 23 heavy (non-hydrogen) atoms. The lowest BCUT2D eigenvalue weighted by Gasteiger charge is -2.42. The second-order valence-electron chi connectivity index (χ2n) is 4.62. The van der Waals surface area contributed by atoms with Crippen LogP contribution in [0, 0.1) is 0 Å². The van der Waals surface area contributed by atoms with Crippen LogP contribution in [0.5, 0.6) is 0 Å². The minimum absolute atomic E-state index is 0.886. The molecule has 1 heterocycles. The van der Waals surface area contributed by atoms with Crippen LogP contribution in [-0.4, -0.2) is 54.8 Å². The van der Waals surface area contributed by atoms with E-state index in [1.807, 2.05) is 6.58 Å². The monoisotopic (exact) mass is 367 g/mol. The fraction of sp³-hybridized carbons (Fsp3) is 0.800. The number of alkyl halides is 11. The summed E-state index contributed by atoms with van der Waals surface area (Å²) >= 11 is 0. The first kappa shape index (κ1) is 19.9. The first-order valence-electron chi connectivity index (χ1n) is 5.65. The van der Waals surface area contributed by atoms with Gasteiger partial charge in [-0.05, 0) is 0 Å². The fourth-order valence-corrected chi connectivity index (χ4v) is 1.71. The second-order valence-corrected chi connectivity index (χ2v) is 4.62. The molecule has 2 nitrogen and oxygen atoms in total. The van der Waals surface area contributed by atoms with Gasteiger partial charge in [0.1, 0.15) is 5.57 Å². The summed E-state index contributed by atoms with van der Waals surface area (Å²) in [6, 6.07) is -5.16. The maximum absolute atomic E-state index is 13.6. The normalized spacial score (nSPS) is 25.5. The van der Waals surface area contributed by atoms with Gasteiger partial charge in [-0.1, -0.05) is 6.58 Å². The van der Waals surface area contributed by atoms with Crippen molar-refractivity contribution in [1.29, 1.82) is 0 Å². The molecule has 0 spiro atoms. The molecule has 2 unspecified atom stereocenters. The predicted octanol–water partition coefficient (Wildman–Crippen LogP) is 3.89. The SMILES string of the molecule is C=C(C(F)(F)F)C(F)(F)N1CC(C(F)(F)F)OC(C(F)(F)F)C1. The third kappa shape index (κ3) is 4.46. The highest BCUT2D eigenvalue weighted by Crippen LogP contribution is 2.42. The van der Waals surface area contributed by atoms with Crippen molar-refractivity contribution < 1.29 is 53.0 Å². The van der Waals surface area contributed by atoms with Crippen LogP contribution in [0.2, 0.25) is 0 Å². The zero-order valence-corrected chi connectivity index (χ0v) is 10.8. The van der Waals surface area contributed by atoms with Crippen molar-refractivity contribution in [2.45, 2.75) is 36.8 Å². The summed E-state index contributed by atoms with van der Waals surface area (Å²) in [6.45, 7) is -1.78. The number of ether oxygens (including phenoxy) is 1. The third-order valence-corrected chi connectivity index (χ3v) is 2.93. The van der Waals surface area contributed by atoms with Gasteiger partial charge in [0.2, 0.25) is 0 Å². The van der Waals surface area contributed by atoms with Gasteiger partial charge in [-0.2, -0.15) is 48.3 Å². The van der Waals surface area contributed by atoms with Crippen molar-refractivity contribution in [3.63, 3.8) is 0 Å². The second kappa shape index (κ2) is 5.76. The van der Waals surface area contributed by atoms with Crippen molar-refractivity contribution in [2.75, 3.05) is 13.1 Å². The van der Waals surface area contributed by atoms with Crippen molar-refractivity contribution >= 4 is 0 Å². The van der Waals surface area contributed by atoms with Gasteiger partial charge in [0.15, 0.2) is 12.2 Å². The number of nitrogens with zero attached hydrogens (tertiary/aromatic N) is 1. The summed E-state index contributed by atoms with van der Waals surface area (Å²) in [6.07, 6.45) is -23.3. The largest absolute Gasteiger partial charge is 0.419 e. The van der Waals surface area contributed by atoms with E-state index in [1.165, 1.54) is 0 Å². The van der Waals surface area contributed by atoms with Crippen molar-refractivity contribution in [3.8, 4) is 0 Å². The Balaban J connectivity index is 3.16. The maximum Gasteiger partial charge on any atom is 0.419 e. The van der Waals surface area contributed by atoms with Crippen LogP contribution < -0.4 is 0 Å². The Morgan fingerprint density at radius 3 is 1.39 bits per heavy atom.